The fourth-order valence-electron chi connectivity index (χ4n) is 3.25. The zero-order valence-corrected chi connectivity index (χ0v) is 17.3. The summed E-state index contributed by atoms with van der Waals surface area (Å²) in [5, 5.41) is 1.07. The summed E-state index contributed by atoms with van der Waals surface area (Å²) in [6.07, 6.45) is 0.307. The number of benzene rings is 2. The van der Waals surface area contributed by atoms with E-state index >= 15 is 0 Å². The highest BCUT2D eigenvalue weighted by molar-refractivity contribution is 7.23. The van der Waals surface area contributed by atoms with Crippen molar-refractivity contribution in [2.45, 2.75) is 26.3 Å². The summed E-state index contributed by atoms with van der Waals surface area (Å²) in [4.78, 5) is 44.3. The number of likely N-dealkylation sites (tertiary alicyclic amines) is 1. The first kappa shape index (κ1) is 19.5. The molecular formula is C21H18ClN3O3S. The van der Waals surface area contributed by atoms with Crippen LogP contribution in [0.1, 0.15) is 24.0 Å². The highest BCUT2D eigenvalue weighted by atomic mass is 35.5. The van der Waals surface area contributed by atoms with Crippen LogP contribution in [0.25, 0.3) is 10.2 Å². The van der Waals surface area contributed by atoms with Gasteiger partial charge in [0.15, 0.2) is 5.13 Å². The normalized spacial score (nSPS) is 14.1. The third-order valence-electron chi connectivity index (χ3n) is 4.85. The van der Waals surface area contributed by atoms with Gasteiger partial charge in [-0.15, -0.1) is 0 Å². The first-order valence-corrected chi connectivity index (χ1v) is 10.4. The Kier molecular flexibility index (Phi) is 5.34. The molecule has 1 aliphatic heterocycles. The number of nitrogens with zero attached hydrogens (tertiary/aromatic N) is 3. The van der Waals surface area contributed by atoms with E-state index in [0.29, 0.717) is 10.2 Å². The molecule has 0 spiro atoms. The minimum atomic E-state index is -0.356. The smallest absolute Gasteiger partial charge is 0.249 e. The van der Waals surface area contributed by atoms with E-state index in [2.05, 4.69) is 4.98 Å². The summed E-state index contributed by atoms with van der Waals surface area (Å²) in [7, 11) is 0. The Morgan fingerprint density at radius 2 is 1.83 bits per heavy atom. The number of thiazole rings is 1. The molecule has 3 amide bonds. The second-order valence-electron chi connectivity index (χ2n) is 6.88. The maximum Gasteiger partial charge on any atom is 0.249 e. The standard InChI is InChI=1S/C21H18ClN3O3S/c1-13-7-8-15(22)20-19(13)23-21(29-20)25(11-14-5-3-2-4-6-14)18(28)12-24-16(26)9-10-17(24)27/h2-8H,9-12H2,1H3. The summed E-state index contributed by atoms with van der Waals surface area (Å²) in [6.45, 7) is 1.94. The van der Waals surface area contributed by atoms with Crippen molar-refractivity contribution in [3.63, 3.8) is 0 Å². The van der Waals surface area contributed by atoms with Crippen LogP contribution in [0.3, 0.4) is 0 Å². The molecule has 1 saturated heterocycles. The second kappa shape index (κ2) is 7.93. The number of amides is 3. The van der Waals surface area contributed by atoms with Gasteiger partial charge in [-0.1, -0.05) is 59.3 Å². The van der Waals surface area contributed by atoms with Crippen molar-refractivity contribution < 1.29 is 14.4 Å². The molecule has 0 bridgehead atoms. The number of halogens is 1. The van der Waals surface area contributed by atoms with Gasteiger partial charge in [-0.3, -0.25) is 24.2 Å². The summed E-state index contributed by atoms with van der Waals surface area (Å²) in [5.41, 5.74) is 2.63. The fourth-order valence-corrected chi connectivity index (χ4v) is 4.59. The number of anilines is 1. The molecule has 0 saturated carbocycles. The van der Waals surface area contributed by atoms with E-state index < -0.39 is 0 Å². The molecule has 1 fully saturated rings. The van der Waals surface area contributed by atoms with E-state index in [9.17, 15) is 14.4 Å². The average Bonchev–Trinajstić information content (AvgIpc) is 3.30. The number of hydrogen-bond acceptors (Lipinski definition) is 5. The number of carbonyl (C=O) groups is 3. The van der Waals surface area contributed by atoms with Gasteiger partial charge >= 0.3 is 0 Å². The maximum absolute atomic E-state index is 13.2. The van der Waals surface area contributed by atoms with Gasteiger partial charge < -0.3 is 0 Å². The van der Waals surface area contributed by atoms with Crippen LogP contribution in [0.4, 0.5) is 5.13 Å². The van der Waals surface area contributed by atoms with Crippen LogP contribution in [0.5, 0.6) is 0 Å². The summed E-state index contributed by atoms with van der Waals surface area (Å²) >= 11 is 7.66. The second-order valence-corrected chi connectivity index (χ2v) is 8.26. The predicted molar refractivity (Wildman–Crippen MR) is 113 cm³/mol. The van der Waals surface area contributed by atoms with Crippen LogP contribution < -0.4 is 4.90 Å². The molecule has 0 aliphatic carbocycles. The summed E-state index contributed by atoms with van der Waals surface area (Å²) < 4.78 is 0.806. The van der Waals surface area contributed by atoms with Gasteiger partial charge in [0.1, 0.15) is 6.54 Å². The lowest BCUT2D eigenvalue weighted by atomic mass is 10.2. The summed E-state index contributed by atoms with van der Waals surface area (Å²) in [6, 6.07) is 13.2. The molecule has 0 radical (unpaired) electrons. The number of carbonyl (C=O) groups excluding carboxylic acids is 3. The van der Waals surface area contributed by atoms with Crippen molar-refractivity contribution in [1.29, 1.82) is 0 Å². The van der Waals surface area contributed by atoms with Crippen molar-refractivity contribution in [3.05, 3.63) is 58.6 Å². The van der Waals surface area contributed by atoms with E-state index in [1.165, 1.54) is 16.2 Å². The van der Waals surface area contributed by atoms with Crippen LogP contribution in [-0.4, -0.2) is 34.2 Å². The Bertz CT molecular complexity index is 1060. The number of rotatable bonds is 5. The molecule has 2 aromatic carbocycles. The van der Waals surface area contributed by atoms with Crippen molar-refractivity contribution in [1.82, 2.24) is 9.88 Å². The van der Waals surface area contributed by atoms with Crippen molar-refractivity contribution in [3.8, 4) is 0 Å². The summed E-state index contributed by atoms with van der Waals surface area (Å²) in [5.74, 6) is -0.984. The van der Waals surface area contributed by atoms with Crippen molar-refractivity contribution in [2.75, 3.05) is 11.4 Å². The molecule has 4 rings (SSSR count). The average molecular weight is 428 g/mol. The van der Waals surface area contributed by atoms with Gasteiger partial charge in [0, 0.05) is 12.8 Å². The van der Waals surface area contributed by atoms with Crippen LogP contribution in [0.15, 0.2) is 42.5 Å². The lowest BCUT2D eigenvalue weighted by Crippen LogP contribution is -2.42. The lowest BCUT2D eigenvalue weighted by molar-refractivity contribution is -0.141. The predicted octanol–water partition coefficient (Wildman–Crippen LogP) is 3.94. The minimum absolute atomic E-state index is 0.154. The highest BCUT2D eigenvalue weighted by Crippen LogP contribution is 2.36. The van der Waals surface area contributed by atoms with Gasteiger partial charge in [-0.2, -0.15) is 0 Å². The molecule has 0 N–H and O–H groups in total. The number of aromatic nitrogens is 1. The van der Waals surface area contributed by atoms with Crippen LogP contribution in [0, 0.1) is 6.92 Å². The first-order valence-electron chi connectivity index (χ1n) is 9.17. The van der Waals surface area contributed by atoms with E-state index in [1.54, 1.807) is 0 Å². The molecule has 2 heterocycles. The van der Waals surface area contributed by atoms with Crippen LogP contribution >= 0.6 is 22.9 Å². The van der Waals surface area contributed by atoms with Gasteiger partial charge in [0.25, 0.3) is 0 Å². The Balaban J connectivity index is 1.71. The zero-order valence-electron chi connectivity index (χ0n) is 15.7. The molecule has 6 nitrogen and oxygen atoms in total. The quantitative estimate of drug-likeness (QED) is 0.578. The molecule has 1 aromatic heterocycles. The number of hydrogen-bond donors (Lipinski definition) is 0. The largest absolute Gasteiger partial charge is 0.282 e. The molecular weight excluding hydrogens is 410 g/mol. The van der Waals surface area contributed by atoms with Gasteiger partial charge in [0.05, 0.1) is 21.8 Å². The topological polar surface area (TPSA) is 70.6 Å². The highest BCUT2D eigenvalue weighted by Gasteiger charge is 2.33. The first-order chi connectivity index (χ1) is 13.9. The van der Waals surface area contributed by atoms with Crippen LogP contribution in [-0.2, 0) is 20.9 Å². The Labute approximate surface area is 176 Å². The molecule has 8 heteroatoms. The molecule has 3 aromatic rings. The van der Waals surface area contributed by atoms with Gasteiger partial charge in [-0.05, 0) is 24.1 Å². The fraction of sp³-hybridized carbons (Fsp3) is 0.238. The molecule has 148 valence electrons. The molecule has 0 unspecified atom stereocenters. The van der Waals surface area contributed by atoms with E-state index in [1.807, 2.05) is 49.4 Å². The van der Waals surface area contributed by atoms with E-state index in [-0.39, 0.29) is 43.7 Å². The molecule has 29 heavy (non-hydrogen) atoms. The molecule has 1 aliphatic rings. The lowest BCUT2D eigenvalue weighted by Gasteiger charge is -2.22. The Morgan fingerprint density at radius 3 is 2.48 bits per heavy atom. The Hall–Kier alpha value is -2.77. The number of aryl methyl sites for hydroxylation is 1. The van der Waals surface area contributed by atoms with Crippen molar-refractivity contribution in [2.24, 2.45) is 0 Å². The van der Waals surface area contributed by atoms with Crippen molar-refractivity contribution >= 4 is 56.0 Å². The third kappa shape index (κ3) is 3.88. The van der Waals surface area contributed by atoms with E-state index in [0.717, 1.165) is 26.2 Å². The minimum Gasteiger partial charge on any atom is -0.282 e. The van der Waals surface area contributed by atoms with Crippen LogP contribution in [0.2, 0.25) is 5.02 Å². The SMILES string of the molecule is Cc1ccc(Cl)c2sc(N(Cc3ccccc3)C(=O)CN3C(=O)CCC3=O)nc12. The Morgan fingerprint density at radius 1 is 1.14 bits per heavy atom. The monoisotopic (exact) mass is 427 g/mol. The van der Waals surface area contributed by atoms with E-state index in [4.69, 9.17) is 11.6 Å². The van der Waals surface area contributed by atoms with Gasteiger partial charge in [0.2, 0.25) is 17.7 Å². The third-order valence-corrected chi connectivity index (χ3v) is 6.39. The maximum atomic E-state index is 13.2. The van der Waals surface area contributed by atoms with Gasteiger partial charge in [-0.25, -0.2) is 4.98 Å². The molecule has 0 atom stereocenters. The number of fused-ring (bicyclic) bond motifs is 1. The number of imide groups is 1. The zero-order chi connectivity index (χ0) is 20.5.